The molecule has 6 heteroatoms. The summed E-state index contributed by atoms with van der Waals surface area (Å²) in [7, 11) is 1.70. The molecule has 2 aromatic rings. The van der Waals surface area contributed by atoms with E-state index in [0.717, 1.165) is 11.3 Å². The highest BCUT2D eigenvalue weighted by atomic mass is 35.5. The van der Waals surface area contributed by atoms with E-state index in [9.17, 15) is 0 Å². The van der Waals surface area contributed by atoms with Gasteiger partial charge in [0.25, 0.3) is 0 Å². The molecule has 124 valence electrons. The average Bonchev–Trinajstić information content (AvgIpc) is 3.04. The maximum absolute atomic E-state index is 6.30. The number of ether oxygens (including phenoxy) is 1. The number of methoxy groups -OCH3 is 1. The molecule has 1 aromatic carbocycles. The van der Waals surface area contributed by atoms with E-state index in [0.29, 0.717) is 23.3 Å². The lowest BCUT2D eigenvalue weighted by Gasteiger charge is -2.31. The molecule has 0 bridgehead atoms. The van der Waals surface area contributed by atoms with Crippen LogP contribution in [0.15, 0.2) is 35.7 Å². The summed E-state index contributed by atoms with van der Waals surface area (Å²) in [6.45, 7) is 5.48. The van der Waals surface area contributed by atoms with Crippen molar-refractivity contribution >= 4 is 46.0 Å². The number of nitrogens with zero attached hydrogens (tertiary/aromatic N) is 1. The van der Waals surface area contributed by atoms with Gasteiger partial charge in [0.2, 0.25) is 0 Å². The Balaban J connectivity index is 2.15. The number of aryl methyl sites for hydroxylation is 1. The fourth-order valence-electron chi connectivity index (χ4n) is 2.25. The van der Waals surface area contributed by atoms with E-state index in [2.05, 4.69) is 34.7 Å². The van der Waals surface area contributed by atoms with Crippen LogP contribution in [-0.2, 0) is 4.74 Å². The van der Waals surface area contributed by atoms with Crippen LogP contribution < -0.4 is 5.32 Å². The van der Waals surface area contributed by atoms with Crippen molar-refractivity contribution in [2.45, 2.75) is 19.9 Å². The Bertz CT molecular complexity index is 646. The van der Waals surface area contributed by atoms with Crippen molar-refractivity contribution in [1.29, 1.82) is 0 Å². The van der Waals surface area contributed by atoms with E-state index >= 15 is 0 Å². The standard InChI is InChI=1S/C17H21ClN2OS2/c1-12-6-7-15(14(18)11-12)19-17(22)20(8-9-21-3)13(2)16-5-4-10-23-16/h4-7,10-11,13H,8-9H2,1-3H3,(H,19,22)/t13-/m0/s1. The van der Waals surface area contributed by atoms with Gasteiger partial charge in [-0.1, -0.05) is 23.7 Å². The zero-order valence-electron chi connectivity index (χ0n) is 13.5. The van der Waals surface area contributed by atoms with E-state index in [4.69, 9.17) is 28.6 Å². The van der Waals surface area contributed by atoms with E-state index < -0.39 is 0 Å². The van der Waals surface area contributed by atoms with Crippen molar-refractivity contribution in [3.63, 3.8) is 0 Å². The van der Waals surface area contributed by atoms with E-state index in [1.807, 2.05) is 25.1 Å². The number of thiocarbonyl (C=S) groups is 1. The first-order valence-electron chi connectivity index (χ1n) is 7.39. The predicted octanol–water partition coefficient (Wildman–Crippen LogP) is 5.12. The van der Waals surface area contributed by atoms with E-state index in [1.54, 1.807) is 18.4 Å². The Morgan fingerprint density at radius 3 is 2.83 bits per heavy atom. The quantitative estimate of drug-likeness (QED) is 0.715. The summed E-state index contributed by atoms with van der Waals surface area (Å²) in [6, 6.07) is 10.2. The van der Waals surface area contributed by atoms with Crippen LogP contribution in [0, 0.1) is 6.92 Å². The van der Waals surface area contributed by atoms with E-state index in [-0.39, 0.29) is 6.04 Å². The van der Waals surface area contributed by atoms with Gasteiger partial charge in [-0.2, -0.15) is 0 Å². The molecule has 0 amide bonds. The fourth-order valence-corrected chi connectivity index (χ4v) is 3.69. The van der Waals surface area contributed by atoms with Crippen molar-refractivity contribution in [2.75, 3.05) is 25.6 Å². The minimum atomic E-state index is 0.175. The van der Waals surface area contributed by atoms with Gasteiger partial charge in [-0.05, 0) is 55.2 Å². The van der Waals surface area contributed by atoms with Gasteiger partial charge in [0.15, 0.2) is 5.11 Å². The molecule has 0 fully saturated rings. The highest BCUT2D eigenvalue weighted by molar-refractivity contribution is 7.80. The van der Waals surface area contributed by atoms with Crippen LogP contribution in [0.4, 0.5) is 5.69 Å². The van der Waals surface area contributed by atoms with Gasteiger partial charge in [-0.3, -0.25) is 0 Å². The van der Waals surface area contributed by atoms with Gasteiger partial charge >= 0.3 is 0 Å². The number of halogens is 1. The number of benzene rings is 1. The molecule has 1 N–H and O–H groups in total. The van der Waals surface area contributed by atoms with Gasteiger partial charge < -0.3 is 15.0 Å². The molecule has 0 unspecified atom stereocenters. The minimum Gasteiger partial charge on any atom is -0.383 e. The van der Waals surface area contributed by atoms with Crippen LogP contribution in [0.2, 0.25) is 5.02 Å². The smallest absolute Gasteiger partial charge is 0.174 e. The Hall–Kier alpha value is -1.14. The van der Waals surface area contributed by atoms with Crippen molar-refractivity contribution < 1.29 is 4.74 Å². The number of hydrogen-bond acceptors (Lipinski definition) is 3. The average molecular weight is 369 g/mol. The molecule has 23 heavy (non-hydrogen) atoms. The Labute approximate surface area is 152 Å². The molecule has 0 aliphatic carbocycles. The normalized spacial score (nSPS) is 12.0. The molecule has 0 aliphatic rings. The zero-order chi connectivity index (χ0) is 16.8. The second-order valence-corrected chi connectivity index (χ2v) is 7.06. The lowest BCUT2D eigenvalue weighted by Crippen LogP contribution is -2.38. The first-order chi connectivity index (χ1) is 11.0. The molecular weight excluding hydrogens is 348 g/mol. The maximum Gasteiger partial charge on any atom is 0.174 e. The lowest BCUT2D eigenvalue weighted by atomic mass is 10.2. The number of rotatable bonds is 6. The van der Waals surface area contributed by atoms with Gasteiger partial charge in [0.1, 0.15) is 0 Å². The number of anilines is 1. The van der Waals surface area contributed by atoms with Gasteiger partial charge in [0.05, 0.1) is 23.4 Å². The molecule has 3 nitrogen and oxygen atoms in total. The van der Waals surface area contributed by atoms with Gasteiger partial charge in [0, 0.05) is 18.5 Å². The van der Waals surface area contributed by atoms with Crippen molar-refractivity contribution in [1.82, 2.24) is 4.90 Å². The first-order valence-corrected chi connectivity index (χ1v) is 9.05. The molecule has 0 radical (unpaired) electrons. The third-order valence-corrected chi connectivity index (χ3v) is 5.28. The highest BCUT2D eigenvalue weighted by Crippen LogP contribution is 2.27. The number of hydrogen-bond donors (Lipinski definition) is 1. The van der Waals surface area contributed by atoms with Crippen molar-refractivity contribution in [2.24, 2.45) is 0 Å². The number of nitrogens with one attached hydrogen (secondary N) is 1. The third-order valence-electron chi connectivity index (χ3n) is 3.59. The van der Waals surface area contributed by atoms with Crippen molar-refractivity contribution in [3.05, 3.63) is 51.2 Å². The second kappa shape index (κ2) is 8.64. The second-order valence-electron chi connectivity index (χ2n) is 5.29. The third kappa shape index (κ3) is 4.91. The Morgan fingerprint density at radius 2 is 2.22 bits per heavy atom. The highest BCUT2D eigenvalue weighted by Gasteiger charge is 2.20. The van der Waals surface area contributed by atoms with Crippen LogP contribution in [0.25, 0.3) is 0 Å². The molecule has 1 atom stereocenters. The monoisotopic (exact) mass is 368 g/mol. The molecule has 0 spiro atoms. The van der Waals surface area contributed by atoms with Gasteiger partial charge in [-0.15, -0.1) is 11.3 Å². The van der Waals surface area contributed by atoms with Crippen LogP contribution in [0.1, 0.15) is 23.4 Å². The Kier molecular flexibility index (Phi) is 6.84. The molecule has 1 heterocycles. The van der Waals surface area contributed by atoms with Crippen LogP contribution in [-0.4, -0.2) is 30.3 Å². The fraction of sp³-hybridized carbons (Fsp3) is 0.353. The zero-order valence-corrected chi connectivity index (χ0v) is 15.9. The summed E-state index contributed by atoms with van der Waals surface area (Å²) in [5.41, 5.74) is 1.94. The summed E-state index contributed by atoms with van der Waals surface area (Å²) in [5, 5.41) is 6.66. The molecule has 0 aliphatic heterocycles. The molecule has 2 rings (SSSR count). The largest absolute Gasteiger partial charge is 0.383 e. The van der Waals surface area contributed by atoms with Crippen LogP contribution >= 0.6 is 35.2 Å². The Morgan fingerprint density at radius 1 is 1.43 bits per heavy atom. The SMILES string of the molecule is COCCN(C(=S)Nc1ccc(C)cc1Cl)[C@@H](C)c1cccs1. The minimum absolute atomic E-state index is 0.175. The first kappa shape index (κ1) is 18.2. The summed E-state index contributed by atoms with van der Waals surface area (Å²) in [4.78, 5) is 3.39. The molecule has 0 saturated carbocycles. The molecular formula is C17H21ClN2OS2. The summed E-state index contributed by atoms with van der Waals surface area (Å²) >= 11 is 13.6. The lowest BCUT2D eigenvalue weighted by molar-refractivity contribution is 0.166. The molecule has 0 saturated heterocycles. The van der Waals surface area contributed by atoms with Crippen molar-refractivity contribution in [3.8, 4) is 0 Å². The summed E-state index contributed by atoms with van der Waals surface area (Å²) < 4.78 is 5.23. The van der Waals surface area contributed by atoms with Gasteiger partial charge in [-0.25, -0.2) is 0 Å². The predicted molar refractivity (Wildman–Crippen MR) is 104 cm³/mol. The van der Waals surface area contributed by atoms with Crippen LogP contribution in [0.5, 0.6) is 0 Å². The maximum atomic E-state index is 6.30. The summed E-state index contributed by atoms with van der Waals surface area (Å²) in [5.74, 6) is 0. The van der Waals surface area contributed by atoms with E-state index in [1.165, 1.54) is 4.88 Å². The topological polar surface area (TPSA) is 24.5 Å². The van der Waals surface area contributed by atoms with Crippen LogP contribution in [0.3, 0.4) is 0 Å². The summed E-state index contributed by atoms with van der Waals surface area (Å²) in [6.07, 6.45) is 0. The molecule has 1 aromatic heterocycles. The number of thiophene rings is 1.